The van der Waals surface area contributed by atoms with E-state index in [1.54, 1.807) is 0 Å². The molecule has 3 heteroatoms. The third-order valence-electron chi connectivity index (χ3n) is 1.88. The average molecular weight is 142 g/mol. The van der Waals surface area contributed by atoms with E-state index >= 15 is 0 Å². The predicted molar refractivity (Wildman–Crippen MR) is 36.9 cm³/mol. The van der Waals surface area contributed by atoms with E-state index < -0.39 is 11.5 Å². The van der Waals surface area contributed by atoms with Gasteiger partial charge < -0.3 is 10.8 Å². The van der Waals surface area contributed by atoms with Crippen molar-refractivity contribution < 1.29 is 9.90 Å². The minimum atomic E-state index is -0.883. The van der Waals surface area contributed by atoms with Crippen molar-refractivity contribution in [1.82, 2.24) is 0 Å². The molecule has 0 aromatic carbocycles. The Kier molecular flexibility index (Phi) is 1.94. The van der Waals surface area contributed by atoms with Crippen LogP contribution in [0, 0.1) is 6.42 Å². The number of aliphatic hydroxyl groups is 1. The van der Waals surface area contributed by atoms with Gasteiger partial charge in [-0.3, -0.25) is 4.79 Å². The number of hydrogen-bond acceptors (Lipinski definition) is 2. The van der Waals surface area contributed by atoms with Crippen molar-refractivity contribution in [2.24, 2.45) is 5.73 Å². The van der Waals surface area contributed by atoms with Crippen molar-refractivity contribution in [3.63, 3.8) is 0 Å². The quantitative estimate of drug-likeness (QED) is 0.569. The number of nitrogens with two attached hydrogens (primary N) is 1. The zero-order chi connectivity index (χ0) is 7.61. The Balaban J connectivity index is 2.43. The standard InChI is InChI=1S/C7H12NO2/c8-6(9)5-7(10)3-1-2-4-7/h5,10H,1-4H2,(H2,8,9). The summed E-state index contributed by atoms with van der Waals surface area (Å²) in [7, 11) is 0. The Bertz CT molecular complexity index is 139. The summed E-state index contributed by atoms with van der Waals surface area (Å²) < 4.78 is 0. The van der Waals surface area contributed by atoms with Crippen LogP contribution in [0.25, 0.3) is 0 Å². The van der Waals surface area contributed by atoms with Crippen molar-refractivity contribution >= 4 is 5.91 Å². The summed E-state index contributed by atoms with van der Waals surface area (Å²) in [5.41, 5.74) is 4.02. The summed E-state index contributed by atoms with van der Waals surface area (Å²) >= 11 is 0. The first kappa shape index (κ1) is 7.54. The maximum Gasteiger partial charge on any atom is 0.224 e. The van der Waals surface area contributed by atoms with Crippen LogP contribution in [0.2, 0.25) is 0 Å². The van der Waals surface area contributed by atoms with Gasteiger partial charge in [0.1, 0.15) is 0 Å². The summed E-state index contributed by atoms with van der Waals surface area (Å²) in [4.78, 5) is 10.4. The van der Waals surface area contributed by atoms with Crippen molar-refractivity contribution in [3.8, 4) is 0 Å². The van der Waals surface area contributed by atoms with Crippen LogP contribution < -0.4 is 5.73 Å². The van der Waals surface area contributed by atoms with Gasteiger partial charge in [0.15, 0.2) is 0 Å². The maximum absolute atomic E-state index is 10.4. The molecule has 0 aliphatic heterocycles. The Hall–Kier alpha value is -0.570. The van der Waals surface area contributed by atoms with Crippen LogP contribution in [-0.2, 0) is 4.79 Å². The molecule has 0 heterocycles. The summed E-state index contributed by atoms with van der Waals surface area (Å²) in [6, 6.07) is 0. The second-order valence-corrected chi connectivity index (χ2v) is 2.86. The summed E-state index contributed by atoms with van der Waals surface area (Å²) in [6.45, 7) is 0. The molecule has 0 aromatic heterocycles. The molecular formula is C7H12NO2. The van der Waals surface area contributed by atoms with Crippen LogP contribution >= 0.6 is 0 Å². The van der Waals surface area contributed by atoms with Gasteiger partial charge in [0.2, 0.25) is 5.91 Å². The molecular weight excluding hydrogens is 130 g/mol. The number of carbonyl (C=O) groups excluding carboxylic acids is 1. The highest BCUT2D eigenvalue weighted by Gasteiger charge is 2.32. The number of amides is 1. The van der Waals surface area contributed by atoms with Crippen LogP contribution in [0.3, 0.4) is 0 Å². The first-order chi connectivity index (χ1) is 4.62. The van der Waals surface area contributed by atoms with E-state index in [0.29, 0.717) is 12.8 Å². The second kappa shape index (κ2) is 2.58. The molecule has 1 saturated carbocycles. The van der Waals surface area contributed by atoms with Gasteiger partial charge >= 0.3 is 0 Å². The molecule has 0 bridgehead atoms. The van der Waals surface area contributed by atoms with Gasteiger partial charge in [-0.25, -0.2) is 0 Å². The largest absolute Gasteiger partial charge is 0.389 e. The van der Waals surface area contributed by atoms with Gasteiger partial charge in [-0.1, -0.05) is 12.8 Å². The predicted octanol–water partition coefficient (Wildman–Crippen LogP) is -0.0189. The van der Waals surface area contributed by atoms with Crippen LogP contribution in [0.5, 0.6) is 0 Å². The van der Waals surface area contributed by atoms with E-state index in [1.807, 2.05) is 0 Å². The van der Waals surface area contributed by atoms with Crippen LogP contribution in [0.15, 0.2) is 0 Å². The molecule has 1 aliphatic rings. The molecule has 1 rings (SSSR count). The maximum atomic E-state index is 10.4. The zero-order valence-corrected chi connectivity index (χ0v) is 5.84. The van der Waals surface area contributed by atoms with Gasteiger partial charge in [-0.2, -0.15) is 0 Å². The fourth-order valence-electron chi connectivity index (χ4n) is 1.40. The van der Waals surface area contributed by atoms with Gasteiger partial charge in [-0.15, -0.1) is 0 Å². The molecule has 57 valence electrons. The van der Waals surface area contributed by atoms with Crippen LogP contribution in [0.4, 0.5) is 0 Å². The lowest BCUT2D eigenvalue weighted by Crippen LogP contribution is -2.32. The highest BCUT2D eigenvalue weighted by molar-refractivity contribution is 5.84. The molecule has 3 N–H and O–H groups in total. The fourth-order valence-corrected chi connectivity index (χ4v) is 1.40. The third kappa shape index (κ3) is 1.70. The molecule has 0 saturated heterocycles. The first-order valence-corrected chi connectivity index (χ1v) is 3.50. The molecule has 1 aliphatic carbocycles. The molecule has 0 unspecified atom stereocenters. The lowest BCUT2D eigenvalue weighted by Gasteiger charge is -2.18. The Labute approximate surface area is 60.2 Å². The first-order valence-electron chi connectivity index (χ1n) is 3.50. The number of rotatable bonds is 2. The molecule has 0 aromatic rings. The second-order valence-electron chi connectivity index (χ2n) is 2.86. The monoisotopic (exact) mass is 142 g/mol. The lowest BCUT2D eigenvalue weighted by atomic mass is 9.98. The van der Waals surface area contributed by atoms with E-state index in [-0.39, 0.29) is 0 Å². The molecule has 1 radical (unpaired) electrons. The minimum absolute atomic E-state index is 0.524. The number of carbonyl (C=O) groups is 1. The van der Waals surface area contributed by atoms with Crippen molar-refractivity contribution in [3.05, 3.63) is 6.42 Å². The topological polar surface area (TPSA) is 63.3 Å². The third-order valence-corrected chi connectivity index (χ3v) is 1.88. The van der Waals surface area contributed by atoms with Crippen LogP contribution in [0.1, 0.15) is 25.7 Å². The lowest BCUT2D eigenvalue weighted by molar-refractivity contribution is -0.117. The van der Waals surface area contributed by atoms with Crippen molar-refractivity contribution in [1.29, 1.82) is 0 Å². The number of primary amides is 1. The smallest absolute Gasteiger partial charge is 0.224 e. The molecule has 1 amide bonds. The van der Waals surface area contributed by atoms with E-state index in [0.717, 1.165) is 12.8 Å². The van der Waals surface area contributed by atoms with E-state index in [4.69, 9.17) is 5.73 Å². The SMILES string of the molecule is NC(=O)[CH]C1(O)CCCC1. The zero-order valence-electron chi connectivity index (χ0n) is 5.84. The number of hydrogen-bond donors (Lipinski definition) is 2. The van der Waals surface area contributed by atoms with Gasteiger partial charge in [0.25, 0.3) is 0 Å². The van der Waals surface area contributed by atoms with E-state index in [2.05, 4.69) is 0 Å². The summed E-state index contributed by atoms with van der Waals surface area (Å²) in [5, 5.41) is 9.51. The molecule has 0 atom stereocenters. The average Bonchev–Trinajstić information content (AvgIpc) is 2.12. The molecule has 3 nitrogen and oxygen atoms in total. The highest BCUT2D eigenvalue weighted by Crippen LogP contribution is 2.31. The van der Waals surface area contributed by atoms with E-state index in [9.17, 15) is 9.90 Å². The molecule has 10 heavy (non-hydrogen) atoms. The summed E-state index contributed by atoms with van der Waals surface area (Å²) in [6.07, 6.45) is 4.55. The highest BCUT2D eigenvalue weighted by atomic mass is 16.3. The van der Waals surface area contributed by atoms with Gasteiger partial charge in [0, 0.05) is 0 Å². The summed E-state index contributed by atoms with van der Waals surface area (Å²) in [5.74, 6) is -0.524. The fraction of sp³-hybridized carbons (Fsp3) is 0.714. The van der Waals surface area contributed by atoms with Crippen LogP contribution in [-0.4, -0.2) is 16.6 Å². The molecule has 0 spiro atoms. The Morgan fingerprint density at radius 3 is 2.40 bits per heavy atom. The van der Waals surface area contributed by atoms with Gasteiger partial charge in [0.05, 0.1) is 12.0 Å². The van der Waals surface area contributed by atoms with Crippen molar-refractivity contribution in [2.75, 3.05) is 0 Å². The Morgan fingerprint density at radius 1 is 1.50 bits per heavy atom. The van der Waals surface area contributed by atoms with Crippen molar-refractivity contribution in [2.45, 2.75) is 31.3 Å². The van der Waals surface area contributed by atoms with Gasteiger partial charge in [-0.05, 0) is 12.8 Å². The minimum Gasteiger partial charge on any atom is -0.389 e. The molecule has 1 fully saturated rings. The Morgan fingerprint density at radius 2 is 2.00 bits per heavy atom. The van der Waals surface area contributed by atoms with E-state index in [1.165, 1.54) is 6.42 Å². The normalized spacial score (nSPS) is 22.9.